The SMILES string of the molecule is Cn1ccnc1CN1CCC2(CC1)CCN(C(=O)Cc1ccccc1)C2. The minimum absolute atomic E-state index is 0.281. The number of likely N-dealkylation sites (tertiary alicyclic amines) is 2. The number of carbonyl (C=O) groups excluding carboxylic acids is 1. The average molecular weight is 352 g/mol. The van der Waals surface area contributed by atoms with Gasteiger partial charge < -0.3 is 9.47 Å². The van der Waals surface area contributed by atoms with Gasteiger partial charge in [0.15, 0.2) is 0 Å². The molecule has 1 aromatic heterocycles. The third-order valence-electron chi connectivity index (χ3n) is 6.19. The maximum Gasteiger partial charge on any atom is 0.227 e. The first-order chi connectivity index (χ1) is 12.6. The normalized spacial score (nSPS) is 20.0. The fourth-order valence-electron chi connectivity index (χ4n) is 4.37. The highest BCUT2D eigenvalue weighted by Gasteiger charge is 2.41. The van der Waals surface area contributed by atoms with E-state index in [1.807, 2.05) is 42.7 Å². The molecule has 2 aliphatic rings. The molecular weight excluding hydrogens is 324 g/mol. The molecule has 1 amide bonds. The number of imidazole rings is 1. The summed E-state index contributed by atoms with van der Waals surface area (Å²) in [4.78, 5) is 21.7. The van der Waals surface area contributed by atoms with Gasteiger partial charge >= 0.3 is 0 Å². The van der Waals surface area contributed by atoms with Gasteiger partial charge in [-0.2, -0.15) is 0 Å². The summed E-state index contributed by atoms with van der Waals surface area (Å²) >= 11 is 0. The molecule has 1 spiro atoms. The molecule has 0 radical (unpaired) electrons. The molecule has 4 rings (SSSR count). The van der Waals surface area contributed by atoms with Crippen molar-refractivity contribution in [2.24, 2.45) is 12.5 Å². The second-order valence-corrected chi connectivity index (χ2v) is 7.96. The third kappa shape index (κ3) is 3.68. The minimum Gasteiger partial charge on any atom is -0.342 e. The lowest BCUT2D eigenvalue weighted by Crippen LogP contribution is -2.42. The Morgan fingerprint density at radius 1 is 1.12 bits per heavy atom. The zero-order chi connectivity index (χ0) is 18.0. The zero-order valence-corrected chi connectivity index (χ0v) is 15.6. The predicted molar refractivity (Wildman–Crippen MR) is 101 cm³/mol. The summed E-state index contributed by atoms with van der Waals surface area (Å²) in [7, 11) is 2.06. The summed E-state index contributed by atoms with van der Waals surface area (Å²) in [5.74, 6) is 1.41. The highest BCUT2D eigenvalue weighted by atomic mass is 16.2. The summed E-state index contributed by atoms with van der Waals surface area (Å²) in [6.07, 6.45) is 7.94. The van der Waals surface area contributed by atoms with Crippen molar-refractivity contribution >= 4 is 5.91 Å². The van der Waals surface area contributed by atoms with Gasteiger partial charge in [-0.1, -0.05) is 30.3 Å². The first-order valence-electron chi connectivity index (χ1n) is 9.64. The molecule has 1 aromatic carbocycles. The standard InChI is InChI=1S/C21H28N4O/c1-23-14-10-22-19(23)16-24-11-7-21(8-12-24)9-13-25(17-21)20(26)15-18-5-3-2-4-6-18/h2-6,10,14H,7-9,11-13,15-17H2,1H3. The van der Waals surface area contributed by atoms with E-state index in [0.29, 0.717) is 11.8 Å². The minimum atomic E-state index is 0.281. The van der Waals surface area contributed by atoms with Crippen LogP contribution in [0.3, 0.4) is 0 Å². The molecule has 0 saturated carbocycles. The van der Waals surface area contributed by atoms with Crippen molar-refractivity contribution in [1.82, 2.24) is 19.4 Å². The van der Waals surface area contributed by atoms with Crippen LogP contribution in [-0.2, 0) is 24.8 Å². The first-order valence-corrected chi connectivity index (χ1v) is 9.64. The van der Waals surface area contributed by atoms with E-state index >= 15 is 0 Å². The van der Waals surface area contributed by atoms with E-state index in [-0.39, 0.29) is 5.91 Å². The number of rotatable bonds is 4. The lowest BCUT2D eigenvalue weighted by molar-refractivity contribution is -0.130. The van der Waals surface area contributed by atoms with Gasteiger partial charge in [0, 0.05) is 32.5 Å². The number of aromatic nitrogens is 2. The van der Waals surface area contributed by atoms with Crippen LogP contribution < -0.4 is 0 Å². The van der Waals surface area contributed by atoms with E-state index in [4.69, 9.17) is 0 Å². The molecule has 0 unspecified atom stereocenters. The van der Waals surface area contributed by atoms with Crippen molar-refractivity contribution < 1.29 is 4.79 Å². The van der Waals surface area contributed by atoms with Gasteiger partial charge in [0.25, 0.3) is 0 Å². The van der Waals surface area contributed by atoms with Crippen molar-refractivity contribution in [3.8, 4) is 0 Å². The number of nitrogens with zero attached hydrogens (tertiary/aromatic N) is 4. The first kappa shape index (κ1) is 17.3. The van der Waals surface area contributed by atoms with Crippen molar-refractivity contribution in [2.45, 2.75) is 32.2 Å². The molecule has 5 nitrogen and oxygen atoms in total. The van der Waals surface area contributed by atoms with Gasteiger partial charge in [0.2, 0.25) is 5.91 Å². The maximum absolute atomic E-state index is 12.7. The molecule has 2 aliphatic heterocycles. The van der Waals surface area contributed by atoms with Crippen LogP contribution in [0.1, 0.15) is 30.7 Å². The van der Waals surface area contributed by atoms with Crippen LogP contribution in [0.5, 0.6) is 0 Å². The highest BCUT2D eigenvalue weighted by molar-refractivity contribution is 5.79. The van der Waals surface area contributed by atoms with Crippen molar-refractivity contribution in [3.63, 3.8) is 0 Å². The summed E-state index contributed by atoms with van der Waals surface area (Å²) in [6.45, 7) is 5.00. The molecule has 26 heavy (non-hydrogen) atoms. The Hall–Kier alpha value is -2.14. The quantitative estimate of drug-likeness (QED) is 0.849. The Morgan fingerprint density at radius 2 is 1.85 bits per heavy atom. The van der Waals surface area contributed by atoms with Crippen LogP contribution in [-0.4, -0.2) is 51.4 Å². The Kier molecular flexibility index (Phi) is 4.81. The molecule has 0 atom stereocenters. The molecule has 2 aromatic rings. The van der Waals surface area contributed by atoms with Gasteiger partial charge in [-0.25, -0.2) is 4.98 Å². The monoisotopic (exact) mass is 352 g/mol. The van der Waals surface area contributed by atoms with E-state index in [9.17, 15) is 4.79 Å². The number of amides is 1. The molecule has 0 bridgehead atoms. The average Bonchev–Trinajstić information content (AvgIpc) is 3.25. The predicted octanol–water partition coefficient (Wildman–Crippen LogP) is 2.48. The van der Waals surface area contributed by atoms with Crippen LogP contribution in [0.2, 0.25) is 0 Å². The van der Waals surface area contributed by atoms with Crippen LogP contribution >= 0.6 is 0 Å². The van der Waals surface area contributed by atoms with E-state index < -0.39 is 0 Å². The lowest BCUT2D eigenvalue weighted by Gasteiger charge is -2.39. The molecule has 0 aliphatic carbocycles. The number of aryl methyl sites for hydroxylation is 1. The van der Waals surface area contributed by atoms with E-state index in [2.05, 4.69) is 26.4 Å². The molecule has 2 fully saturated rings. The Morgan fingerprint density at radius 3 is 2.54 bits per heavy atom. The summed E-state index contributed by atoms with van der Waals surface area (Å²) in [5, 5.41) is 0. The van der Waals surface area contributed by atoms with Crippen molar-refractivity contribution in [3.05, 3.63) is 54.1 Å². The number of benzene rings is 1. The van der Waals surface area contributed by atoms with Crippen LogP contribution in [0, 0.1) is 5.41 Å². The lowest BCUT2D eigenvalue weighted by atomic mass is 9.78. The number of hydrogen-bond donors (Lipinski definition) is 0. The molecule has 2 saturated heterocycles. The second-order valence-electron chi connectivity index (χ2n) is 7.96. The number of piperidine rings is 1. The molecule has 5 heteroatoms. The maximum atomic E-state index is 12.7. The van der Waals surface area contributed by atoms with Crippen LogP contribution in [0.15, 0.2) is 42.7 Å². The highest BCUT2D eigenvalue weighted by Crippen LogP contribution is 2.40. The summed E-state index contributed by atoms with van der Waals surface area (Å²) < 4.78 is 2.10. The molecule has 3 heterocycles. The van der Waals surface area contributed by atoms with Crippen molar-refractivity contribution in [2.75, 3.05) is 26.2 Å². The van der Waals surface area contributed by atoms with Crippen LogP contribution in [0.25, 0.3) is 0 Å². The fraction of sp³-hybridized carbons (Fsp3) is 0.524. The van der Waals surface area contributed by atoms with Gasteiger partial charge in [-0.15, -0.1) is 0 Å². The van der Waals surface area contributed by atoms with Gasteiger partial charge in [-0.05, 0) is 43.3 Å². The third-order valence-corrected chi connectivity index (χ3v) is 6.19. The number of hydrogen-bond acceptors (Lipinski definition) is 3. The topological polar surface area (TPSA) is 41.4 Å². The van der Waals surface area contributed by atoms with E-state index in [1.165, 1.54) is 12.8 Å². The largest absolute Gasteiger partial charge is 0.342 e. The second kappa shape index (κ2) is 7.23. The molecule has 0 N–H and O–H groups in total. The van der Waals surface area contributed by atoms with Crippen molar-refractivity contribution in [1.29, 1.82) is 0 Å². The zero-order valence-electron chi connectivity index (χ0n) is 15.6. The molecule has 138 valence electrons. The summed E-state index contributed by atoms with van der Waals surface area (Å²) in [5.41, 5.74) is 1.45. The van der Waals surface area contributed by atoms with E-state index in [1.54, 1.807) is 0 Å². The Labute approximate surface area is 155 Å². The Bertz CT molecular complexity index is 746. The summed E-state index contributed by atoms with van der Waals surface area (Å²) in [6, 6.07) is 10.1. The van der Waals surface area contributed by atoms with Gasteiger partial charge in [0.05, 0.1) is 13.0 Å². The molecular formula is C21H28N4O. The number of carbonyl (C=O) groups is 1. The Balaban J connectivity index is 1.30. The fourth-order valence-corrected chi connectivity index (χ4v) is 4.37. The van der Waals surface area contributed by atoms with E-state index in [0.717, 1.165) is 50.5 Å². The smallest absolute Gasteiger partial charge is 0.227 e. The van der Waals surface area contributed by atoms with Crippen LogP contribution in [0.4, 0.5) is 0 Å². The van der Waals surface area contributed by atoms with Gasteiger partial charge in [0.1, 0.15) is 5.82 Å². The van der Waals surface area contributed by atoms with Gasteiger partial charge in [-0.3, -0.25) is 9.69 Å².